The molecule has 0 aromatic heterocycles. The van der Waals surface area contributed by atoms with Crippen LogP contribution in [0.4, 0.5) is 0 Å². The van der Waals surface area contributed by atoms with Crippen molar-refractivity contribution in [3.05, 3.63) is 0 Å². The van der Waals surface area contributed by atoms with Gasteiger partial charge in [-0.15, -0.1) is 6.42 Å². The number of terminal acetylenes is 1. The van der Waals surface area contributed by atoms with Crippen molar-refractivity contribution < 1.29 is 0 Å². The first-order chi connectivity index (χ1) is 6.92. The van der Waals surface area contributed by atoms with E-state index < -0.39 is 0 Å². The van der Waals surface area contributed by atoms with E-state index in [4.69, 9.17) is 6.42 Å². The molecule has 1 saturated heterocycles. The average molecular weight is 192 g/mol. The summed E-state index contributed by atoms with van der Waals surface area (Å²) >= 11 is 0. The summed E-state index contributed by atoms with van der Waals surface area (Å²) in [6.45, 7) is 3.22. The van der Waals surface area contributed by atoms with Crippen LogP contribution in [0, 0.1) is 12.3 Å². The Labute approximate surface area is 87.1 Å². The smallest absolute Gasteiger partial charge is 0.0841 e. The van der Waals surface area contributed by atoms with Gasteiger partial charge in [0, 0.05) is 25.7 Å². The lowest BCUT2D eigenvalue weighted by Gasteiger charge is -2.40. The van der Waals surface area contributed by atoms with E-state index in [0.29, 0.717) is 6.04 Å². The quantitative estimate of drug-likeness (QED) is 0.629. The summed E-state index contributed by atoms with van der Waals surface area (Å²) in [5, 5.41) is 3.37. The molecule has 2 nitrogen and oxygen atoms in total. The minimum atomic E-state index is 0.340. The van der Waals surface area contributed by atoms with Crippen LogP contribution in [-0.2, 0) is 0 Å². The summed E-state index contributed by atoms with van der Waals surface area (Å²) in [6, 6.07) is 1.11. The van der Waals surface area contributed by atoms with Gasteiger partial charge < -0.3 is 5.32 Å². The second kappa shape index (κ2) is 4.82. The maximum absolute atomic E-state index is 5.57. The first-order valence-electron chi connectivity index (χ1n) is 5.84. The van der Waals surface area contributed by atoms with Crippen LogP contribution in [0.15, 0.2) is 0 Å². The third-order valence-electron chi connectivity index (χ3n) is 3.52. The molecule has 0 aromatic rings. The molecule has 1 atom stereocenters. The molecule has 2 aliphatic rings. The Morgan fingerprint density at radius 2 is 2.00 bits per heavy atom. The van der Waals surface area contributed by atoms with Crippen LogP contribution >= 0.6 is 0 Å². The maximum Gasteiger partial charge on any atom is 0.0841 e. The van der Waals surface area contributed by atoms with Crippen LogP contribution in [-0.4, -0.2) is 36.6 Å². The van der Waals surface area contributed by atoms with E-state index in [2.05, 4.69) is 16.1 Å². The molecule has 0 spiro atoms. The van der Waals surface area contributed by atoms with Gasteiger partial charge >= 0.3 is 0 Å². The van der Waals surface area contributed by atoms with Gasteiger partial charge in [0.25, 0.3) is 0 Å². The Bertz CT molecular complexity index is 213. The van der Waals surface area contributed by atoms with Crippen molar-refractivity contribution in [2.45, 2.75) is 44.2 Å². The molecule has 78 valence electrons. The molecule has 14 heavy (non-hydrogen) atoms. The number of rotatable bonds is 1. The van der Waals surface area contributed by atoms with E-state index in [-0.39, 0.29) is 0 Å². The molecule has 0 radical (unpaired) electrons. The van der Waals surface area contributed by atoms with Gasteiger partial charge in [-0.2, -0.15) is 0 Å². The zero-order valence-corrected chi connectivity index (χ0v) is 8.84. The lowest BCUT2D eigenvalue weighted by Crippen LogP contribution is -2.54. The van der Waals surface area contributed by atoms with Crippen molar-refractivity contribution in [1.82, 2.24) is 10.2 Å². The minimum Gasteiger partial charge on any atom is -0.313 e. The van der Waals surface area contributed by atoms with Crippen LogP contribution in [0.3, 0.4) is 0 Å². The molecule has 0 amide bonds. The zero-order chi connectivity index (χ0) is 9.80. The van der Waals surface area contributed by atoms with Crippen LogP contribution in [0.2, 0.25) is 0 Å². The van der Waals surface area contributed by atoms with E-state index >= 15 is 0 Å². The topological polar surface area (TPSA) is 15.3 Å². The summed E-state index contributed by atoms with van der Waals surface area (Å²) in [4.78, 5) is 2.55. The molecule has 0 aromatic carbocycles. The fourth-order valence-electron chi connectivity index (χ4n) is 2.72. The third kappa shape index (κ3) is 2.10. The molecule has 2 rings (SSSR count). The SMILES string of the molecule is C#CC1CNCCN1C1CCCCC1. The molecule has 1 heterocycles. The lowest BCUT2D eigenvalue weighted by atomic mass is 9.92. The summed E-state index contributed by atoms with van der Waals surface area (Å²) < 4.78 is 0. The van der Waals surface area contributed by atoms with Crippen molar-refractivity contribution in [3.8, 4) is 12.3 Å². The molecular formula is C12H20N2. The fourth-order valence-corrected chi connectivity index (χ4v) is 2.72. The molecule has 1 N–H and O–H groups in total. The number of piperazine rings is 1. The maximum atomic E-state index is 5.57. The molecule has 1 aliphatic carbocycles. The van der Waals surface area contributed by atoms with Crippen LogP contribution in [0.1, 0.15) is 32.1 Å². The van der Waals surface area contributed by atoms with Crippen LogP contribution in [0.5, 0.6) is 0 Å². The Morgan fingerprint density at radius 1 is 1.21 bits per heavy atom. The Hall–Kier alpha value is -0.520. The summed E-state index contributed by atoms with van der Waals surface area (Å²) in [7, 11) is 0. The monoisotopic (exact) mass is 192 g/mol. The van der Waals surface area contributed by atoms with Crippen molar-refractivity contribution in [2.24, 2.45) is 0 Å². The standard InChI is InChI=1S/C12H20N2/c1-2-11-10-13-8-9-14(11)12-6-4-3-5-7-12/h1,11-13H,3-10H2. The molecule has 0 bridgehead atoms. The van der Waals surface area contributed by atoms with Crippen molar-refractivity contribution >= 4 is 0 Å². The highest BCUT2D eigenvalue weighted by Gasteiger charge is 2.28. The van der Waals surface area contributed by atoms with Gasteiger partial charge in [0.05, 0.1) is 6.04 Å². The molecular weight excluding hydrogens is 172 g/mol. The second-order valence-corrected chi connectivity index (χ2v) is 4.42. The highest BCUT2D eigenvalue weighted by molar-refractivity contribution is 5.04. The zero-order valence-electron chi connectivity index (χ0n) is 8.84. The number of hydrogen-bond donors (Lipinski definition) is 1. The van der Waals surface area contributed by atoms with Gasteiger partial charge in [-0.05, 0) is 12.8 Å². The van der Waals surface area contributed by atoms with Gasteiger partial charge in [0.15, 0.2) is 0 Å². The Balaban J connectivity index is 1.95. The fraction of sp³-hybridized carbons (Fsp3) is 0.833. The predicted octanol–water partition coefficient (Wildman–Crippen LogP) is 1.23. The molecule has 2 heteroatoms. The predicted molar refractivity (Wildman–Crippen MR) is 59.1 cm³/mol. The number of nitrogens with one attached hydrogen (secondary N) is 1. The first kappa shape index (κ1) is 10.0. The second-order valence-electron chi connectivity index (χ2n) is 4.42. The summed E-state index contributed by atoms with van der Waals surface area (Å²) in [5.74, 6) is 2.91. The molecule has 1 unspecified atom stereocenters. The van der Waals surface area contributed by atoms with E-state index in [1.165, 1.54) is 32.1 Å². The van der Waals surface area contributed by atoms with E-state index in [0.717, 1.165) is 25.7 Å². The number of hydrogen-bond acceptors (Lipinski definition) is 2. The first-order valence-corrected chi connectivity index (χ1v) is 5.84. The van der Waals surface area contributed by atoms with Gasteiger partial charge in [0.2, 0.25) is 0 Å². The molecule has 1 aliphatic heterocycles. The van der Waals surface area contributed by atoms with E-state index in [1.807, 2.05) is 0 Å². The van der Waals surface area contributed by atoms with Crippen molar-refractivity contribution in [3.63, 3.8) is 0 Å². The van der Waals surface area contributed by atoms with Gasteiger partial charge in [-0.1, -0.05) is 25.2 Å². The lowest BCUT2D eigenvalue weighted by molar-refractivity contribution is 0.109. The van der Waals surface area contributed by atoms with E-state index in [9.17, 15) is 0 Å². The Morgan fingerprint density at radius 3 is 2.71 bits per heavy atom. The molecule has 2 fully saturated rings. The summed E-state index contributed by atoms with van der Waals surface area (Å²) in [5.41, 5.74) is 0. The van der Waals surface area contributed by atoms with Gasteiger partial charge in [0.1, 0.15) is 0 Å². The van der Waals surface area contributed by atoms with Gasteiger partial charge in [-0.3, -0.25) is 4.90 Å². The highest BCUT2D eigenvalue weighted by Crippen LogP contribution is 2.24. The third-order valence-corrected chi connectivity index (χ3v) is 3.52. The van der Waals surface area contributed by atoms with Crippen LogP contribution < -0.4 is 5.32 Å². The van der Waals surface area contributed by atoms with Gasteiger partial charge in [-0.25, -0.2) is 0 Å². The van der Waals surface area contributed by atoms with Crippen molar-refractivity contribution in [2.75, 3.05) is 19.6 Å². The van der Waals surface area contributed by atoms with Crippen LogP contribution in [0.25, 0.3) is 0 Å². The Kier molecular flexibility index (Phi) is 3.44. The number of nitrogens with zero attached hydrogens (tertiary/aromatic N) is 1. The van der Waals surface area contributed by atoms with E-state index in [1.54, 1.807) is 0 Å². The minimum absolute atomic E-state index is 0.340. The largest absolute Gasteiger partial charge is 0.313 e. The average Bonchev–Trinajstić information content (AvgIpc) is 2.30. The molecule has 1 saturated carbocycles. The summed E-state index contributed by atoms with van der Waals surface area (Å²) in [6.07, 6.45) is 12.5. The normalized spacial score (nSPS) is 31.2. The highest BCUT2D eigenvalue weighted by atomic mass is 15.2. The van der Waals surface area contributed by atoms with Crippen molar-refractivity contribution in [1.29, 1.82) is 0 Å².